The Morgan fingerprint density at radius 1 is 1.33 bits per heavy atom. The highest BCUT2D eigenvalue weighted by molar-refractivity contribution is 5.76. The number of carbonyl (C=O) groups is 1. The molecular weight excluding hydrogens is 266 g/mol. The van der Waals surface area contributed by atoms with E-state index in [4.69, 9.17) is 4.74 Å². The molecule has 2 aliphatic rings. The molecule has 3 heterocycles. The second-order valence-electron chi connectivity index (χ2n) is 5.83. The first-order chi connectivity index (χ1) is 10.3. The summed E-state index contributed by atoms with van der Waals surface area (Å²) in [5, 5.41) is 2.94. The lowest BCUT2D eigenvalue weighted by Gasteiger charge is -2.16. The Morgan fingerprint density at radius 3 is 2.86 bits per heavy atom. The summed E-state index contributed by atoms with van der Waals surface area (Å²) in [7, 11) is 0. The topological polar surface area (TPSA) is 54.5 Å². The van der Waals surface area contributed by atoms with Gasteiger partial charge in [-0.2, -0.15) is 0 Å². The van der Waals surface area contributed by atoms with E-state index in [0.717, 1.165) is 43.9 Å². The van der Waals surface area contributed by atoms with Crippen LogP contribution in [0.25, 0.3) is 0 Å². The molecule has 0 aliphatic carbocycles. The van der Waals surface area contributed by atoms with Crippen LogP contribution < -0.4 is 10.2 Å². The van der Waals surface area contributed by atoms with Crippen LogP contribution in [-0.2, 0) is 16.1 Å². The van der Waals surface area contributed by atoms with E-state index in [2.05, 4.69) is 15.2 Å². The lowest BCUT2D eigenvalue weighted by Crippen LogP contribution is -2.27. The van der Waals surface area contributed by atoms with Gasteiger partial charge in [0.2, 0.25) is 5.91 Å². The molecule has 5 nitrogen and oxygen atoms in total. The lowest BCUT2D eigenvalue weighted by atomic mass is 10.2. The molecular formula is C16H23N3O2. The highest BCUT2D eigenvalue weighted by Gasteiger charge is 2.18. The van der Waals surface area contributed by atoms with Gasteiger partial charge in [0.25, 0.3) is 0 Å². The van der Waals surface area contributed by atoms with E-state index in [-0.39, 0.29) is 12.0 Å². The molecule has 114 valence electrons. The Labute approximate surface area is 125 Å². The fourth-order valence-electron chi connectivity index (χ4n) is 2.94. The molecule has 1 aromatic heterocycles. The van der Waals surface area contributed by atoms with Crippen molar-refractivity contribution in [3.05, 3.63) is 23.9 Å². The van der Waals surface area contributed by atoms with Crippen LogP contribution in [0.5, 0.6) is 0 Å². The summed E-state index contributed by atoms with van der Waals surface area (Å²) in [6.07, 6.45) is 7.02. The van der Waals surface area contributed by atoms with Gasteiger partial charge in [0.15, 0.2) is 0 Å². The molecule has 0 spiro atoms. The van der Waals surface area contributed by atoms with Gasteiger partial charge >= 0.3 is 0 Å². The minimum absolute atomic E-state index is 0.0607. The highest BCUT2D eigenvalue weighted by Crippen LogP contribution is 2.18. The van der Waals surface area contributed by atoms with Crippen LogP contribution in [0, 0.1) is 0 Å². The summed E-state index contributed by atoms with van der Waals surface area (Å²) in [6, 6.07) is 4.10. The maximum Gasteiger partial charge on any atom is 0.222 e. The van der Waals surface area contributed by atoms with Gasteiger partial charge in [0.1, 0.15) is 5.82 Å². The van der Waals surface area contributed by atoms with Gasteiger partial charge in [-0.1, -0.05) is 6.07 Å². The van der Waals surface area contributed by atoms with E-state index in [1.807, 2.05) is 18.3 Å². The Balaban J connectivity index is 1.45. The third-order valence-corrected chi connectivity index (χ3v) is 4.17. The summed E-state index contributed by atoms with van der Waals surface area (Å²) in [5.74, 6) is 1.10. The first kappa shape index (κ1) is 14.3. The quantitative estimate of drug-likeness (QED) is 0.899. The molecule has 2 aliphatic heterocycles. The van der Waals surface area contributed by atoms with Crippen LogP contribution in [0.4, 0.5) is 5.82 Å². The minimum Gasteiger partial charge on any atom is -0.378 e. The lowest BCUT2D eigenvalue weighted by molar-refractivity contribution is -0.123. The van der Waals surface area contributed by atoms with Crippen LogP contribution in [0.2, 0.25) is 0 Å². The number of nitrogens with one attached hydrogen (secondary N) is 1. The summed E-state index contributed by atoms with van der Waals surface area (Å²) < 4.78 is 5.47. The number of hydrogen-bond acceptors (Lipinski definition) is 4. The molecule has 0 bridgehead atoms. The van der Waals surface area contributed by atoms with Gasteiger partial charge in [0, 0.05) is 32.4 Å². The SMILES string of the molecule is O=C(C[C@H]1CCCO1)NCc1ccc(N2CCCC2)nc1. The van der Waals surface area contributed by atoms with Crippen molar-refractivity contribution in [2.24, 2.45) is 0 Å². The highest BCUT2D eigenvalue weighted by atomic mass is 16.5. The van der Waals surface area contributed by atoms with E-state index in [1.165, 1.54) is 12.8 Å². The molecule has 21 heavy (non-hydrogen) atoms. The predicted molar refractivity (Wildman–Crippen MR) is 81.1 cm³/mol. The Kier molecular flexibility index (Phi) is 4.70. The molecule has 5 heteroatoms. The van der Waals surface area contributed by atoms with E-state index in [9.17, 15) is 4.79 Å². The molecule has 1 atom stereocenters. The minimum atomic E-state index is 0.0607. The number of hydrogen-bond donors (Lipinski definition) is 1. The normalized spacial score (nSPS) is 21.7. The second kappa shape index (κ2) is 6.89. The van der Waals surface area contributed by atoms with E-state index >= 15 is 0 Å². The van der Waals surface area contributed by atoms with Gasteiger partial charge < -0.3 is 15.0 Å². The molecule has 0 saturated carbocycles. The standard InChI is InChI=1S/C16H23N3O2/c20-16(10-14-4-3-9-21-14)18-12-13-5-6-15(17-11-13)19-7-1-2-8-19/h5-6,11,14H,1-4,7-10,12H2,(H,18,20)/t14-/m1/s1. The number of rotatable bonds is 5. The summed E-state index contributed by atoms with van der Waals surface area (Å²) in [5.41, 5.74) is 1.04. The Morgan fingerprint density at radius 2 is 2.19 bits per heavy atom. The Bertz CT molecular complexity index is 463. The summed E-state index contributed by atoms with van der Waals surface area (Å²) in [4.78, 5) is 18.6. The first-order valence-corrected chi connectivity index (χ1v) is 7.89. The van der Waals surface area contributed by atoms with Crippen molar-refractivity contribution >= 4 is 11.7 Å². The number of nitrogens with zero attached hydrogens (tertiary/aromatic N) is 2. The number of carbonyl (C=O) groups excluding carboxylic acids is 1. The predicted octanol–water partition coefficient (Wildman–Crippen LogP) is 1.87. The number of ether oxygens (including phenoxy) is 1. The van der Waals surface area contributed by atoms with Gasteiger partial charge in [-0.15, -0.1) is 0 Å². The molecule has 2 saturated heterocycles. The van der Waals surface area contributed by atoms with Crippen molar-refractivity contribution < 1.29 is 9.53 Å². The molecule has 3 rings (SSSR count). The third-order valence-electron chi connectivity index (χ3n) is 4.17. The van der Waals surface area contributed by atoms with Crippen LogP contribution in [0.3, 0.4) is 0 Å². The van der Waals surface area contributed by atoms with Crippen LogP contribution in [-0.4, -0.2) is 36.7 Å². The zero-order valence-electron chi connectivity index (χ0n) is 12.4. The maximum absolute atomic E-state index is 11.8. The van der Waals surface area contributed by atoms with Gasteiger partial charge in [-0.25, -0.2) is 4.98 Å². The van der Waals surface area contributed by atoms with Crippen molar-refractivity contribution in [3.63, 3.8) is 0 Å². The average molecular weight is 289 g/mol. The Hall–Kier alpha value is -1.62. The van der Waals surface area contributed by atoms with Crippen molar-refractivity contribution in [2.75, 3.05) is 24.6 Å². The number of amides is 1. The fourth-order valence-corrected chi connectivity index (χ4v) is 2.94. The summed E-state index contributed by atoms with van der Waals surface area (Å²) >= 11 is 0. The first-order valence-electron chi connectivity index (χ1n) is 7.89. The van der Waals surface area contributed by atoms with Crippen molar-refractivity contribution in [1.29, 1.82) is 0 Å². The number of pyridine rings is 1. The molecule has 0 radical (unpaired) electrons. The molecule has 1 amide bonds. The van der Waals surface area contributed by atoms with E-state index < -0.39 is 0 Å². The zero-order valence-corrected chi connectivity index (χ0v) is 12.4. The number of anilines is 1. The number of aromatic nitrogens is 1. The fraction of sp³-hybridized carbons (Fsp3) is 0.625. The zero-order chi connectivity index (χ0) is 14.5. The van der Waals surface area contributed by atoms with Gasteiger partial charge in [-0.3, -0.25) is 4.79 Å². The van der Waals surface area contributed by atoms with Gasteiger partial charge in [-0.05, 0) is 37.3 Å². The molecule has 0 aromatic carbocycles. The second-order valence-corrected chi connectivity index (χ2v) is 5.83. The van der Waals surface area contributed by atoms with Crippen molar-refractivity contribution in [2.45, 2.75) is 44.8 Å². The monoisotopic (exact) mass is 289 g/mol. The molecule has 1 aromatic rings. The molecule has 2 fully saturated rings. The van der Waals surface area contributed by atoms with Crippen molar-refractivity contribution in [3.8, 4) is 0 Å². The largest absolute Gasteiger partial charge is 0.378 e. The van der Waals surface area contributed by atoms with E-state index in [1.54, 1.807) is 0 Å². The van der Waals surface area contributed by atoms with Gasteiger partial charge in [0.05, 0.1) is 12.5 Å². The summed E-state index contributed by atoms with van der Waals surface area (Å²) in [6.45, 7) is 3.54. The molecule has 1 N–H and O–H groups in total. The average Bonchev–Trinajstić information content (AvgIpc) is 3.19. The maximum atomic E-state index is 11.8. The smallest absolute Gasteiger partial charge is 0.222 e. The van der Waals surface area contributed by atoms with Crippen LogP contribution in [0.1, 0.15) is 37.7 Å². The van der Waals surface area contributed by atoms with Crippen molar-refractivity contribution in [1.82, 2.24) is 10.3 Å². The van der Waals surface area contributed by atoms with E-state index in [0.29, 0.717) is 13.0 Å². The van der Waals surface area contributed by atoms with Crippen LogP contribution >= 0.6 is 0 Å². The molecule has 0 unspecified atom stereocenters. The van der Waals surface area contributed by atoms with Crippen LogP contribution in [0.15, 0.2) is 18.3 Å². The third kappa shape index (κ3) is 3.94.